The fourth-order valence-corrected chi connectivity index (χ4v) is 3.77. The predicted molar refractivity (Wildman–Crippen MR) is 114 cm³/mol. The van der Waals surface area contributed by atoms with Crippen molar-refractivity contribution >= 4 is 10.9 Å². The SMILES string of the molecule is OC1c2ccccc2COc2ccc(OCc3ccc4ccc(OC(F)F)cc4n3)cc21. The van der Waals surface area contributed by atoms with Gasteiger partial charge in [0.1, 0.15) is 36.6 Å². The molecular weight excluding hydrogens is 416 g/mol. The number of fused-ring (bicyclic) bond motifs is 3. The fourth-order valence-electron chi connectivity index (χ4n) is 3.77. The minimum Gasteiger partial charge on any atom is -0.488 e. The van der Waals surface area contributed by atoms with E-state index in [1.54, 1.807) is 24.3 Å². The zero-order valence-electron chi connectivity index (χ0n) is 16.9. The van der Waals surface area contributed by atoms with E-state index >= 15 is 0 Å². The lowest BCUT2D eigenvalue weighted by Gasteiger charge is -2.15. The van der Waals surface area contributed by atoms with Gasteiger partial charge >= 0.3 is 6.61 Å². The number of rotatable bonds is 5. The number of ether oxygens (including phenoxy) is 3. The van der Waals surface area contributed by atoms with E-state index in [2.05, 4.69) is 9.72 Å². The molecule has 1 aliphatic heterocycles. The van der Waals surface area contributed by atoms with Crippen molar-refractivity contribution in [3.63, 3.8) is 0 Å². The molecule has 0 bridgehead atoms. The Morgan fingerprint density at radius 3 is 2.66 bits per heavy atom. The highest BCUT2D eigenvalue weighted by molar-refractivity contribution is 5.80. The maximum atomic E-state index is 12.5. The molecule has 0 saturated carbocycles. The number of nitrogens with zero attached hydrogens (tertiary/aromatic N) is 1. The molecule has 1 N–H and O–H groups in total. The van der Waals surface area contributed by atoms with E-state index in [0.717, 1.165) is 16.5 Å². The molecule has 5 rings (SSSR count). The van der Waals surface area contributed by atoms with Gasteiger partial charge in [0.25, 0.3) is 0 Å². The van der Waals surface area contributed by atoms with Gasteiger partial charge in [0, 0.05) is 17.0 Å². The molecule has 1 unspecified atom stereocenters. The van der Waals surface area contributed by atoms with Crippen LogP contribution in [-0.2, 0) is 13.2 Å². The molecule has 0 fully saturated rings. The second-order valence-corrected chi connectivity index (χ2v) is 7.41. The van der Waals surface area contributed by atoms with Crippen LogP contribution in [0.1, 0.15) is 28.5 Å². The summed E-state index contributed by atoms with van der Waals surface area (Å²) in [6.07, 6.45) is -0.820. The Morgan fingerprint density at radius 1 is 0.969 bits per heavy atom. The van der Waals surface area contributed by atoms with Crippen molar-refractivity contribution < 1.29 is 28.1 Å². The first kappa shape index (κ1) is 20.2. The van der Waals surface area contributed by atoms with Crippen LogP contribution in [0.15, 0.2) is 72.8 Å². The normalized spacial score (nSPS) is 14.9. The largest absolute Gasteiger partial charge is 0.488 e. The van der Waals surface area contributed by atoms with Crippen LogP contribution in [0.25, 0.3) is 10.9 Å². The Balaban J connectivity index is 1.36. The molecule has 5 nitrogen and oxygen atoms in total. The molecule has 7 heteroatoms. The Labute approximate surface area is 182 Å². The van der Waals surface area contributed by atoms with Crippen molar-refractivity contribution in [3.05, 3.63) is 95.2 Å². The number of benzene rings is 3. The average Bonchev–Trinajstić information content (AvgIpc) is 2.94. The first-order chi connectivity index (χ1) is 15.6. The van der Waals surface area contributed by atoms with E-state index in [9.17, 15) is 13.9 Å². The van der Waals surface area contributed by atoms with E-state index in [1.165, 1.54) is 12.1 Å². The van der Waals surface area contributed by atoms with E-state index in [0.29, 0.717) is 34.9 Å². The van der Waals surface area contributed by atoms with E-state index < -0.39 is 12.7 Å². The second-order valence-electron chi connectivity index (χ2n) is 7.41. The number of aliphatic hydroxyl groups is 1. The summed E-state index contributed by atoms with van der Waals surface area (Å²) in [5.74, 6) is 1.22. The highest BCUT2D eigenvalue weighted by atomic mass is 19.3. The molecular formula is C25H19F2NO4. The molecule has 0 aliphatic carbocycles. The fraction of sp³-hybridized carbons (Fsp3) is 0.160. The van der Waals surface area contributed by atoms with Gasteiger partial charge in [-0.25, -0.2) is 4.98 Å². The third kappa shape index (κ3) is 4.07. The van der Waals surface area contributed by atoms with Gasteiger partial charge in [-0.1, -0.05) is 30.3 Å². The van der Waals surface area contributed by atoms with Gasteiger partial charge in [0.05, 0.1) is 11.2 Å². The topological polar surface area (TPSA) is 60.8 Å². The van der Waals surface area contributed by atoms with Gasteiger partial charge in [-0.05, 0) is 47.5 Å². The van der Waals surface area contributed by atoms with E-state index in [4.69, 9.17) is 9.47 Å². The van der Waals surface area contributed by atoms with Crippen molar-refractivity contribution in [2.75, 3.05) is 0 Å². The number of hydrogen-bond donors (Lipinski definition) is 1. The summed E-state index contributed by atoms with van der Waals surface area (Å²) < 4.78 is 41.2. The second kappa shape index (κ2) is 8.43. The minimum atomic E-state index is -2.89. The summed E-state index contributed by atoms with van der Waals surface area (Å²) in [5, 5.41) is 11.7. The molecule has 4 aromatic rings. The number of hydrogen-bond acceptors (Lipinski definition) is 5. The van der Waals surface area contributed by atoms with Gasteiger partial charge in [-0.2, -0.15) is 8.78 Å². The Bertz CT molecular complexity index is 1280. The van der Waals surface area contributed by atoms with Gasteiger partial charge in [-0.15, -0.1) is 0 Å². The molecule has 0 spiro atoms. The lowest BCUT2D eigenvalue weighted by Crippen LogP contribution is -2.03. The van der Waals surface area contributed by atoms with E-state index in [1.807, 2.05) is 36.4 Å². The summed E-state index contributed by atoms with van der Waals surface area (Å²) in [6.45, 7) is -2.33. The monoisotopic (exact) mass is 435 g/mol. The van der Waals surface area contributed by atoms with Crippen molar-refractivity contribution in [1.29, 1.82) is 0 Å². The van der Waals surface area contributed by atoms with Crippen LogP contribution in [0.4, 0.5) is 8.78 Å². The van der Waals surface area contributed by atoms with Gasteiger partial charge in [-0.3, -0.25) is 0 Å². The third-order valence-electron chi connectivity index (χ3n) is 5.34. The lowest BCUT2D eigenvalue weighted by atomic mass is 9.97. The number of pyridine rings is 1. The number of aliphatic hydroxyl groups excluding tert-OH is 1. The smallest absolute Gasteiger partial charge is 0.387 e. The molecule has 1 aromatic heterocycles. The molecule has 32 heavy (non-hydrogen) atoms. The van der Waals surface area contributed by atoms with Gasteiger partial charge in [0.2, 0.25) is 0 Å². The average molecular weight is 435 g/mol. The zero-order chi connectivity index (χ0) is 22.1. The van der Waals surface area contributed by atoms with Gasteiger partial charge in [0.15, 0.2) is 0 Å². The molecule has 2 heterocycles. The highest BCUT2D eigenvalue weighted by Gasteiger charge is 2.23. The predicted octanol–water partition coefficient (Wildman–Crippen LogP) is 5.39. The van der Waals surface area contributed by atoms with Gasteiger partial charge < -0.3 is 19.3 Å². The van der Waals surface area contributed by atoms with Crippen molar-refractivity contribution in [1.82, 2.24) is 4.98 Å². The van der Waals surface area contributed by atoms with Crippen molar-refractivity contribution in [2.24, 2.45) is 0 Å². The van der Waals surface area contributed by atoms with Crippen molar-refractivity contribution in [3.8, 4) is 17.2 Å². The van der Waals surface area contributed by atoms with Crippen LogP contribution in [0.2, 0.25) is 0 Å². The summed E-state index contributed by atoms with van der Waals surface area (Å²) in [4.78, 5) is 4.48. The summed E-state index contributed by atoms with van der Waals surface area (Å²) >= 11 is 0. The quantitative estimate of drug-likeness (QED) is 0.456. The minimum absolute atomic E-state index is 0.0538. The van der Waals surface area contributed by atoms with Crippen LogP contribution < -0.4 is 14.2 Å². The van der Waals surface area contributed by atoms with Crippen molar-refractivity contribution in [2.45, 2.75) is 25.9 Å². The highest BCUT2D eigenvalue weighted by Crippen LogP contribution is 2.37. The summed E-state index contributed by atoms with van der Waals surface area (Å²) in [6, 6.07) is 21.2. The molecule has 0 radical (unpaired) electrons. The maximum Gasteiger partial charge on any atom is 0.387 e. The lowest BCUT2D eigenvalue weighted by molar-refractivity contribution is -0.0497. The number of halogens is 2. The van der Waals surface area contributed by atoms with Crippen LogP contribution >= 0.6 is 0 Å². The van der Waals surface area contributed by atoms with Crippen LogP contribution in [-0.4, -0.2) is 16.7 Å². The molecule has 3 aromatic carbocycles. The first-order valence-corrected chi connectivity index (χ1v) is 10.1. The molecule has 0 amide bonds. The third-order valence-corrected chi connectivity index (χ3v) is 5.34. The summed E-state index contributed by atoms with van der Waals surface area (Å²) in [7, 11) is 0. The molecule has 162 valence electrons. The van der Waals surface area contributed by atoms with E-state index in [-0.39, 0.29) is 12.4 Å². The van der Waals surface area contributed by atoms with Crippen LogP contribution in [0.5, 0.6) is 17.2 Å². The number of alkyl halides is 2. The summed E-state index contributed by atoms with van der Waals surface area (Å²) in [5.41, 5.74) is 3.54. The Morgan fingerprint density at radius 2 is 1.78 bits per heavy atom. The van der Waals surface area contributed by atoms with Crippen LogP contribution in [0, 0.1) is 0 Å². The molecule has 1 aliphatic rings. The Kier molecular flexibility index (Phi) is 5.33. The zero-order valence-corrected chi connectivity index (χ0v) is 16.9. The molecule has 0 saturated heterocycles. The Hall–Kier alpha value is -3.71. The molecule has 1 atom stereocenters. The standard InChI is InChI=1S/C25H19F2NO4/c26-25(27)32-19-8-6-15-5-7-17(28-22(15)12-19)14-30-18-9-10-23-21(11-18)24(29)20-4-2-1-3-16(20)13-31-23/h1-12,24-25,29H,13-14H2. The van der Waals surface area contributed by atoms with Crippen LogP contribution in [0.3, 0.4) is 0 Å². The first-order valence-electron chi connectivity index (χ1n) is 10.1. The maximum absolute atomic E-state index is 12.5. The number of aromatic nitrogens is 1.